The summed E-state index contributed by atoms with van der Waals surface area (Å²) in [5, 5.41) is 1.37. The molecule has 1 aromatic rings. The highest BCUT2D eigenvalue weighted by molar-refractivity contribution is 9.10. The molecule has 0 fully saturated rings. The van der Waals surface area contributed by atoms with Gasteiger partial charge in [0.05, 0.1) is 0 Å². The quantitative estimate of drug-likeness (QED) is 0.706. The van der Waals surface area contributed by atoms with Crippen molar-refractivity contribution >= 4 is 30.0 Å². The third-order valence-electron chi connectivity index (χ3n) is 1.20. The Morgan fingerprint density at radius 1 is 1.18 bits per heavy atom. The van der Waals surface area contributed by atoms with Crippen LogP contribution in [-0.4, -0.2) is 18.8 Å². The molecule has 0 aliphatic carbocycles. The third-order valence-corrected chi connectivity index (χ3v) is 2.76. The highest BCUT2D eigenvalue weighted by atomic mass is 79.9. The molecule has 0 radical (unpaired) electrons. The number of benzene rings is 1. The second-order valence-electron chi connectivity index (χ2n) is 2.51. The smallest absolute Gasteiger partial charge is 0.0175 e. The van der Waals surface area contributed by atoms with Crippen molar-refractivity contribution in [2.45, 2.75) is 0 Å². The second-order valence-corrected chi connectivity index (χ2v) is 5.12. The lowest BCUT2D eigenvalue weighted by atomic mass is 10.4. The van der Waals surface area contributed by atoms with Gasteiger partial charge in [0.2, 0.25) is 0 Å². The van der Waals surface area contributed by atoms with Crippen molar-refractivity contribution in [3.8, 4) is 0 Å². The van der Waals surface area contributed by atoms with E-state index in [0.29, 0.717) is 0 Å². The molecule has 1 aromatic carbocycles. The largest absolute Gasteiger partial charge is 0.287 e. The lowest BCUT2D eigenvalue weighted by Gasteiger charge is -2.08. The first kappa shape index (κ1) is 9.18. The van der Waals surface area contributed by atoms with E-state index in [1.54, 1.807) is 0 Å². The zero-order valence-electron chi connectivity index (χ0n) is 6.63. The summed E-state index contributed by atoms with van der Waals surface area (Å²) in [5.41, 5.74) is 0. The van der Waals surface area contributed by atoms with Crippen molar-refractivity contribution in [1.29, 1.82) is 0 Å². The molecule has 0 N–H and O–H groups in total. The molecule has 0 aliphatic heterocycles. The minimum Gasteiger partial charge on any atom is -0.287 e. The van der Waals surface area contributed by atoms with E-state index in [2.05, 4.69) is 59.0 Å². The molecule has 0 aliphatic rings. The Hall–Kier alpha value is 0.0900. The number of halogens is 1. The maximum atomic E-state index is 3.40. The summed E-state index contributed by atoms with van der Waals surface area (Å²) in [5.74, 6) is 0. The summed E-state index contributed by atoms with van der Waals surface area (Å²) in [6.45, 7) is 0. The van der Waals surface area contributed by atoms with Crippen LogP contribution in [0.4, 0.5) is 0 Å². The summed E-state index contributed by atoms with van der Waals surface area (Å²) in [4.78, 5) is 0. The average molecular weight is 232 g/mol. The van der Waals surface area contributed by atoms with E-state index in [1.165, 1.54) is 5.30 Å². The van der Waals surface area contributed by atoms with Gasteiger partial charge >= 0.3 is 0 Å². The summed E-state index contributed by atoms with van der Waals surface area (Å²) < 4.78 is 3.33. The number of nitrogens with zero attached hydrogens (tertiary/aromatic N) is 1. The molecule has 11 heavy (non-hydrogen) atoms. The molecule has 0 amide bonds. The van der Waals surface area contributed by atoms with Gasteiger partial charge in [0.15, 0.2) is 0 Å². The first-order chi connectivity index (χ1) is 5.18. The van der Waals surface area contributed by atoms with Crippen LogP contribution in [0.15, 0.2) is 28.7 Å². The van der Waals surface area contributed by atoms with Gasteiger partial charge in [-0.3, -0.25) is 4.67 Å². The topological polar surface area (TPSA) is 3.24 Å². The minimum atomic E-state index is 0.770. The molecular formula is C8H11BrNP. The van der Waals surface area contributed by atoms with Gasteiger partial charge < -0.3 is 0 Å². The second kappa shape index (κ2) is 4.20. The van der Waals surface area contributed by atoms with Crippen molar-refractivity contribution in [3.05, 3.63) is 28.7 Å². The molecule has 1 rings (SSSR count). The Bertz CT molecular complexity index is 220. The lowest BCUT2D eigenvalue weighted by Crippen LogP contribution is -2.04. The van der Waals surface area contributed by atoms with Gasteiger partial charge in [-0.15, -0.1) is 0 Å². The van der Waals surface area contributed by atoms with Gasteiger partial charge in [-0.2, -0.15) is 0 Å². The van der Waals surface area contributed by atoms with Crippen LogP contribution in [0, 0.1) is 0 Å². The summed E-state index contributed by atoms with van der Waals surface area (Å²) in [6.07, 6.45) is 0. The van der Waals surface area contributed by atoms with E-state index < -0.39 is 0 Å². The summed E-state index contributed by atoms with van der Waals surface area (Å²) in [6, 6.07) is 8.43. The van der Waals surface area contributed by atoms with E-state index in [9.17, 15) is 0 Å². The molecule has 0 heterocycles. The predicted octanol–water partition coefficient (Wildman–Crippen LogP) is 2.23. The van der Waals surface area contributed by atoms with Gasteiger partial charge in [-0.1, -0.05) is 28.1 Å². The maximum Gasteiger partial charge on any atom is 0.0175 e. The molecule has 60 valence electrons. The first-order valence-electron chi connectivity index (χ1n) is 3.38. The van der Waals surface area contributed by atoms with E-state index in [4.69, 9.17) is 0 Å². The maximum absolute atomic E-state index is 3.40. The number of hydrogen-bond donors (Lipinski definition) is 0. The highest BCUT2D eigenvalue weighted by Crippen LogP contribution is 2.14. The molecule has 0 aromatic heterocycles. The summed E-state index contributed by atoms with van der Waals surface area (Å²) in [7, 11) is 4.94. The van der Waals surface area contributed by atoms with Gasteiger partial charge in [0.1, 0.15) is 0 Å². The SMILES string of the molecule is CN(C)Pc1ccc(Br)cc1. The molecule has 0 bridgehead atoms. The first-order valence-corrected chi connectivity index (χ1v) is 5.12. The average Bonchev–Trinajstić information content (AvgIpc) is 1.93. The Balaban J connectivity index is 2.66. The van der Waals surface area contributed by atoms with Gasteiger partial charge in [0, 0.05) is 4.47 Å². The molecule has 0 spiro atoms. The van der Waals surface area contributed by atoms with Crippen molar-refractivity contribution < 1.29 is 0 Å². The van der Waals surface area contributed by atoms with Crippen LogP contribution in [0.5, 0.6) is 0 Å². The Morgan fingerprint density at radius 2 is 1.73 bits per heavy atom. The fraction of sp³-hybridized carbons (Fsp3) is 0.250. The predicted molar refractivity (Wildman–Crippen MR) is 55.8 cm³/mol. The van der Waals surface area contributed by atoms with Crippen molar-refractivity contribution in [2.75, 3.05) is 14.1 Å². The zero-order valence-corrected chi connectivity index (χ0v) is 9.22. The van der Waals surface area contributed by atoms with Gasteiger partial charge in [0.25, 0.3) is 0 Å². The third kappa shape index (κ3) is 3.33. The Morgan fingerprint density at radius 3 is 2.18 bits per heavy atom. The molecule has 0 saturated carbocycles. The van der Waals surface area contributed by atoms with Crippen LogP contribution in [0.2, 0.25) is 0 Å². The van der Waals surface area contributed by atoms with Crippen LogP contribution in [-0.2, 0) is 0 Å². The van der Waals surface area contributed by atoms with E-state index in [1.807, 2.05) is 0 Å². The number of hydrogen-bond acceptors (Lipinski definition) is 1. The number of rotatable bonds is 2. The van der Waals surface area contributed by atoms with Crippen molar-refractivity contribution in [2.24, 2.45) is 0 Å². The van der Waals surface area contributed by atoms with Crippen LogP contribution >= 0.6 is 24.7 Å². The Labute approximate surface area is 77.8 Å². The minimum absolute atomic E-state index is 0.770. The monoisotopic (exact) mass is 231 g/mol. The summed E-state index contributed by atoms with van der Waals surface area (Å²) >= 11 is 3.40. The van der Waals surface area contributed by atoms with Gasteiger partial charge in [-0.25, -0.2) is 0 Å². The van der Waals surface area contributed by atoms with E-state index in [0.717, 1.165) is 13.2 Å². The highest BCUT2D eigenvalue weighted by Gasteiger charge is 1.93. The van der Waals surface area contributed by atoms with E-state index >= 15 is 0 Å². The fourth-order valence-corrected chi connectivity index (χ4v) is 1.88. The van der Waals surface area contributed by atoms with Crippen LogP contribution in [0.3, 0.4) is 0 Å². The zero-order chi connectivity index (χ0) is 8.27. The molecular weight excluding hydrogens is 221 g/mol. The lowest BCUT2D eigenvalue weighted by molar-refractivity contribution is 0.697. The van der Waals surface area contributed by atoms with Crippen LogP contribution < -0.4 is 5.30 Å². The Kier molecular flexibility index (Phi) is 3.50. The molecule has 1 nitrogen and oxygen atoms in total. The van der Waals surface area contributed by atoms with Crippen LogP contribution in [0.1, 0.15) is 0 Å². The normalized spacial score (nSPS) is 11.6. The molecule has 1 unspecified atom stereocenters. The van der Waals surface area contributed by atoms with Gasteiger partial charge in [-0.05, 0) is 40.3 Å². The molecule has 3 heteroatoms. The van der Waals surface area contributed by atoms with Crippen molar-refractivity contribution in [1.82, 2.24) is 4.67 Å². The molecule has 1 atom stereocenters. The fourth-order valence-electron chi connectivity index (χ4n) is 0.783. The molecule has 0 saturated heterocycles. The van der Waals surface area contributed by atoms with Crippen LogP contribution in [0.25, 0.3) is 0 Å². The van der Waals surface area contributed by atoms with E-state index in [-0.39, 0.29) is 0 Å². The standard InChI is InChI=1S/C8H11BrNP/c1-10(2)11-8-5-3-7(9)4-6-8/h3-6,11H,1-2H3. The van der Waals surface area contributed by atoms with Crippen molar-refractivity contribution in [3.63, 3.8) is 0 Å².